The molecular formula is C131H97N12O3Pt3-3. The molecule has 0 aliphatic carbocycles. The van der Waals surface area contributed by atoms with Gasteiger partial charge >= 0.3 is 0 Å². The van der Waals surface area contributed by atoms with Crippen molar-refractivity contribution in [1.82, 2.24) is 58.6 Å². The average Bonchev–Trinajstić information content (AvgIpc) is 1.59. The first kappa shape index (κ1) is 97.2. The number of hydrogen-bond donors (Lipinski definition) is 3. The molecule has 15 nitrogen and oxygen atoms in total. The molecule has 0 spiro atoms. The summed E-state index contributed by atoms with van der Waals surface area (Å²) in [4.78, 5) is 46.9. The molecule has 0 saturated heterocycles. The molecule has 0 radical (unpaired) electrons. The topological polar surface area (TPSA) is 195 Å². The number of pyridine rings is 3. The number of rotatable bonds is 13. The summed E-state index contributed by atoms with van der Waals surface area (Å²) in [5.74, 6) is 2.96. The van der Waals surface area contributed by atoms with E-state index in [1.54, 1.807) is 18.2 Å². The molecule has 0 saturated carbocycles. The molecule has 0 atom stereocenters. The Hall–Kier alpha value is -16.5. The van der Waals surface area contributed by atoms with Crippen molar-refractivity contribution in [3.63, 3.8) is 0 Å². The second kappa shape index (κ2) is 39.4. The molecule has 18 aromatic carbocycles. The molecule has 732 valence electrons. The van der Waals surface area contributed by atoms with Gasteiger partial charge in [0.05, 0.1) is 50.2 Å². The number of hydrogen-bond acceptors (Lipinski definition) is 9. The number of nitrogens with zero attached hydrogens (tertiary/aromatic N) is 12. The van der Waals surface area contributed by atoms with Crippen LogP contribution in [0.2, 0.25) is 0 Å². The quantitative estimate of drug-likeness (QED) is 0.0990. The number of phenolic OH excluding ortho intramolecular Hbond substituents is 3. The molecule has 3 N–H and O–H groups in total. The maximum absolute atomic E-state index is 11.2. The van der Waals surface area contributed by atoms with Crippen LogP contribution in [0, 0.1) is 55.4 Å². The first-order chi connectivity index (χ1) is 71.2. The average molecular weight is 2470 g/mol. The van der Waals surface area contributed by atoms with Gasteiger partial charge in [-0.1, -0.05) is 337 Å². The van der Waals surface area contributed by atoms with E-state index in [9.17, 15) is 15.3 Å². The van der Waals surface area contributed by atoms with Gasteiger partial charge in [-0.15, -0.1) is 33.1 Å². The van der Waals surface area contributed by atoms with Crippen molar-refractivity contribution in [3.8, 4) is 141 Å². The third-order valence-corrected chi connectivity index (χ3v) is 28.3. The third-order valence-electron chi connectivity index (χ3n) is 28.3. The fraction of sp³-hybridized carbons (Fsp3) is 0.0840. The van der Waals surface area contributed by atoms with E-state index in [2.05, 4.69) is 386 Å². The van der Waals surface area contributed by atoms with Gasteiger partial charge in [0, 0.05) is 130 Å². The molecule has 9 heterocycles. The van der Waals surface area contributed by atoms with Gasteiger partial charge in [-0.25, -0.2) is 29.9 Å². The van der Waals surface area contributed by atoms with Crippen LogP contribution in [0.25, 0.3) is 255 Å². The molecule has 18 heteroatoms. The van der Waals surface area contributed by atoms with Gasteiger partial charge < -0.3 is 34.8 Å². The third kappa shape index (κ3) is 17.3. The molecule has 9 aromatic heterocycles. The van der Waals surface area contributed by atoms with Crippen molar-refractivity contribution >= 4 is 131 Å². The Kier molecular flexibility index (Phi) is 25.7. The zero-order valence-electron chi connectivity index (χ0n) is 83.1. The minimum absolute atomic E-state index is 0. The zero-order valence-corrected chi connectivity index (χ0v) is 89.9. The molecule has 27 rings (SSSR count). The van der Waals surface area contributed by atoms with Crippen molar-refractivity contribution < 1.29 is 78.5 Å². The van der Waals surface area contributed by atoms with Crippen LogP contribution in [-0.4, -0.2) is 58.9 Å². The predicted molar refractivity (Wildman–Crippen MR) is 600 cm³/mol. The van der Waals surface area contributed by atoms with E-state index < -0.39 is 0 Å². The molecular weight excluding hydrogens is 2370 g/mol. The number of aromatic hydroxyl groups is 3. The van der Waals surface area contributed by atoms with Gasteiger partial charge in [-0.05, 0) is 236 Å². The standard InChI is InChI=1S/C48H33N4O.C44H33N4O.C39H31N4O.3Pt/c1-29-24-30(2)26-33(25-29)40-28-42(50-47-37(40)18-11-23-44(47)53)38-19-10-22-43-46(38)51-48(39-20-9-17-36-35-16-6-7-21-41(35)49-45(36)39)52(43)34-15-8-14-32(27-34)31-12-4-3-5-13-31;1-25-18-26(2)21-29(20-25)36-24-38(46-43-33(36)12-9-17-40(43)49)34-13-8-16-39-42(34)47-44(48(39)30-22-27(3)19-28(4)23-30)35-14-7-11-32-31-10-5-6-15-37(31)45-41(32)35;1-22(2)43-34-16-8-13-29(37(34)42-39(43)30-14-7-11-27-26-10-5-6-15-32(26)40-36(27)30)33-21-31(25-19-23(3)18-24(4)20-25)28-12-9-17-35(44)38(28)41-33;;;/h3-28H,1-2H3,(H-,49,50,51,53);5-24H,1-4H3,(H-,45,46,47,49);5-22H,1-4H3,(H-,40,41,42,44);;;/q3*-1;;;. The molecule has 27 aromatic rings. The van der Waals surface area contributed by atoms with Gasteiger partial charge in [0.15, 0.2) is 0 Å². The van der Waals surface area contributed by atoms with Gasteiger partial charge in [-0.3, -0.25) is 9.13 Å². The number of phenols is 3. The Labute approximate surface area is 903 Å². The SMILES string of the molecule is Cc1cc(C)cc(-c2cc(-c3cccc4c3nc(-c3cccc5c3[n-]c3ccccc35)n4-c3cc(C)cc(C)c3)nc3c(O)cccc23)c1.Cc1cc(C)cc(-c2cc(-c3cccc4c3nc(-c3cccc5c3[n-]c3ccccc35)n4-c3cccc(-c4ccccc4)c3)nc3c(O)cccc23)c1.Cc1cc(C)cc(-c2cc(-c3cccc4c3nc(-c3cccc5c3[n-]c3ccccc35)n4C(C)C)nc3c(O)cccc23)c1.[Pt].[Pt].[Pt]. The number of imidazole rings is 3. The number of para-hydroxylation sites is 12. The predicted octanol–water partition coefficient (Wildman–Crippen LogP) is 32.4. The molecule has 0 aliphatic rings. The van der Waals surface area contributed by atoms with Crippen LogP contribution in [0.4, 0.5) is 0 Å². The fourth-order valence-corrected chi connectivity index (χ4v) is 22.2. The van der Waals surface area contributed by atoms with E-state index in [1.165, 1.54) is 44.5 Å². The summed E-state index contributed by atoms with van der Waals surface area (Å²) in [6.07, 6.45) is 0. The minimum Gasteiger partial charge on any atom is -0.656 e. The fourth-order valence-electron chi connectivity index (χ4n) is 22.2. The van der Waals surface area contributed by atoms with Crippen molar-refractivity contribution in [1.29, 1.82) is 0 Å². The normalized spacial score (nSPS) is 11.5. The van der Waals surface area contributed by atoms with Crippen molar-refractivity contribution in [2.75, 3.05) is 0 Å². The summed E-state index contributed by atoms with van der Waals surface area (Å²) in [6.45, 7) is 21.3. The molecule has 0 fully saturated rings. The second-order valence-corrected chi connectivity index (χ2v) is 39.0. The van der Waals surface area contributed by atoms with Gasteiger partial charge in [0.1, 0.15) is 51.3 Å². The van der Waals surface area contributed by atoms with Crippen LogP contribution < -0.4 is 15.0 Å². The minimum atomic E-state index is 0. The van der Waals surface area contributed by atoms with Crippen LogP contribution in [0.5, 0.6) is 17.2 Å². The van der Waals surface area contributed by atoms with Crippen LogP contribution in [0.1, 0.15) is 64.4 Å². The largest absolute Gasteiger partial charge is 0.656 e. The Bertz CT molecular complexity index is 9980. The first-order valence-corrected chi connectivity index (χ1v) is 49.5. The van der Waals surface area contributed by atoms with Crippen molar-refractivity contribution in [2.24, 2.45) is 0 Å². The van der Waals surface area contributed by atoms with Crippen LogP contribution in [0.3, 0.4) is 0 Å². The Morgan fingerprint density at radius 2 is 0.503 bits per heavy atom. The summed E-state index contributed by atoms with van der Waals surface area (Å²) in [7, 11) is 0. The van der Waals surface area contributed by atoms with Crippen LogP contribution >= 0.6 is 0 Å². The molecule has 0 unspecified atom stereocenters. The van der Waals surface area contributed by atoms with Crippen LogP contribution in [0.15, 0.2) is 382 Å². The smallest absolute Gasteiger partial charge is 0.144 e. The summed E-state index contributed by atoms with van der Waals surface area (Å²) in [5, 5.41) is 42.7. The molecule has 149 heavy (non-hydrogen) atoms. The van der Waals surface area contributed by atoms with Gasteiger partial charge in [0.2, 0.25) is 0 Å². The summed E-state index contributed by atoms with van der Waals surface area (Å²) < 4.78 is 6.81. The summed E-state index contributed by atoms with van der Waals surface area (Å²) in [6, 6.07) is 132. The van der Waals surface area contributed by atoms with Gasteiger partial charge in [0.25, 0.3) is 0 Å². The maximum Gasteiger partial charge on any atom is 0.144 e. The molecule has 0 aliphatic heterocycles. The molecule has 0 bridgehead atoms. The van der Waals surface area contributed by atoms with Crippen LogP contribution in [-0.2, 0) is 63.2 Å². The van der Waals surface area contributed by atoms with E-state index >= 15 is 0 Å². The molecule has 0 amide bonds. The second-order valence-electron chi connectivity index (χ2n) is 39.0. The van der Waals surface area contributed by atoms with Crippen molar-refractivity contribution in [2.45, 2.75) is 75.3 Å². The van der Waals surface area contributed by atoms with Crippen molar-refractivity contribution in [3.05, 3.63) is 427 Å². The number of fused-ring (bicyclic) bond motifs is 15. The first-order valence-electron chi connectivity index (χ1n) is 49.5. The maximum atomic E-state index is 11.2. The van der Waals surface area contributed by atoms with E-state index in [0.717, 1.165) is 238 Å². The van der Waals surface area contributed by atoms with E-state index in [-0.39, 0.29) is 86.5 Å². The monoisotopic (exact) mass is 2470 g/mol. The van der Waals surface area contributed by atoms with E-state index in [1.807, 2.05) is 60.7 Å². The van der Waals surface area contributed by atoms with E-state index in [4.69, 9.17) is 44.9 Å². The number of aromatic nitrogens is 12. The summed E-state index contributed by atoms with van der Waals surface area (Å²) >= 11 is 0. The number of benzene rings is 18. The summed E-state index contributed by atoms with van der Waals surface area (Å²) in [5.41, 5.74) is 40.9. The van der Waals surface area contributed by atoms with E-state index in [0.29, 0.717) is 16.6 Å². The zero-order chi connectivity index (χ0) is 99.1. The van der Waals surface area contributed by atoms with Gasteiger partial charge in [-0.2, -0.15) is 0 Å². The Morgan fingerprint density at radius 3 is 0.886 bits per heavy atom. The Balaban J connectivity index is 0.000000126. The number of aryl methyl sites for hydroxylation is 8. The Morgan fingerprint density at radius 1 is 0.215 bits per heavy atom.